The predicted octanol–water partition coefficient (Wildman–Crippen LogP) is 8.44. The molecule has 3 aromatic carbocycles. The number of phenols is 1. The Hall–Kier alpha value is -3.93. The first kappa shape index (κ1) is 29.6. The van der Waals surface area contributed by atoms with E-state index in [0.29, 0.717) is 17.7 Å². The van der Waals surface area contributed by atoms with Gasteiger partial charge in [-0.2, -0.15) is 0 Å². The van der Waals surface area contributed by atoms with Gasteiger partial charge in [-0.25, -0.2) is 4.39 Å². The van der Waals surface area contributed by atoms with Gasteiger partial charge in [0.05, 0.1) is 17.4 Å². The molecule has 2 aliphatic rings. The van der Waals surface area contributed by atoms with E-state index >= 15 is 0 Å². The number of halogens is 1. The molecule has 0 radical (unpaired) electrons. The predicted molar refractivity (Wildman–Crippen MR) is 166 cm³/mol. The number of Topliss-reactive ketones (excluding diaryl/α,β-unsaturated/α-hetero) is 1. The molecular weight excluding hydrogens is 527 g/mol. The van der Waals surface area contributed by atoms with E-state index in [1.54, 1.807) is 17.0 Å². The van der Waals surface area contributed by atoms with Gasteiger partial charge in [-0.15, -0.1) is 0 Å². The van der Waals surface area contributed by atoms with Gasteiger partial charge in [0.15, 0.2) is 5.78 Å². The highest BCUT2D eigenvalue weighted by atomic mass is 19.1. The molecule has 220 valence electrons. The van der Waals surface area contributed by atoms with Crippen molar-refractivity contribution in [2.75, 3.05) is 10.2 Å². The number of nitrogens with zero attached hydrogens (tertiary/aromatic N) is 1. The molecule has 0 spiro atoms. The molecule has 42 heavy (non-hydrogen) atoms. The number of ketones is 1. The van der Waals surface area contributed by atoms with Crippen LogP contribution in [0, 0.1) is 5.82 Å². The van der Waals surface area contributed by atoms with Gasteiger partial charge in [-0.3, -0.25) is 14.5 Å². The fourth-order valence-electron chi connectivity index (χ4n) is 6.28. The number of amides is 1. The minimum Gasteiger partial charge on any atom is -0.507 e. The van der Waals surface area contributed by atoms with Gasteiger partial charge in [0.2, 0.25) is 5.91 Å². The first-order chi connectivity index (χ1) is 19.7. The maximum atomic E-state index is 14.3. The molecule has 2 N–H and O–H groups in total. The van der Waals surface area contributed by atoms with Crippen molar-refractivity contribution >= 4 is 23.1 Å². The highest BCUT2D eigenvalue weighted by Crippen LogP contribution is 2.50. The van der Waals surface area contributed by atoms with Crippen LogP contribution < -0.4 is 10.2 Å². The van der Waals surface area contributed by atoms with E-state index in [1.165, 1.54) is 12.1 Å². The minimum absolute atomic E-state index is 0.0486. The summed E-state index contributed by atoms with van der Waals surface area (Å²) >= 11 is 0. The van der Waals surface area contributed by atoms with E-state index in [4.69, 9.17) is 0 Å². The first-order valence-corrected chi connectivity index (χ1v) is 14.8. The summed E-state index contributed by atoms with van der Waals surface area (Å²) in [6.07, 6.45) is 1.06. The van der Waals surface area contributed by atoms with Crippen molar-refractivity contribution in [1.82, 2.24) is 0 Å². The molecule has 0 unspecified atom stereocenters. The van der Waals surface area contributed by atoms with E-state index in [0.717, 1.165) is 33.6 Å². The number of hydrogen-bond donors (Lipinski definition) is 2. The van der Waals surface area contributed by atoms with Crippen LogP contribution in [0.15, 0.2) is 71.9 Å². The van der Waals surface area contributed by atoms with E-state index in [1.807, 2.05) is 43.3 Å². The molecule has 0 saturated carbocycles. The summed E-state index contributed by atoms with van der Waals surface area (Å²) in [5.41, 5.74) is 5.27. The van der Waals surface area contributed by atoms with Crippen LogP contribution >= 0.6 is 0 Å². The zero-order chi connectivity index (χ0) is 30.6. The second-order valence-corrected chi connectivity index (χ2v) is 13.6. The fourth-order valence-corrected chi connectivity index (χ4v) is 6.28. The second kappa shape index (κ2) is 10.7. The van der Waals surface area contributed by atoms with Crippen molar-refractivity contribution in [3.63, 3.8) is 0 Å². The van der Waals surface area contributed by atoms with E-state index < -0.39 is 6.04 Å². The summed E-state index contributed by atoms with van der Waals surface area (Å²) in [6, 6.07) is 17.3. The Morgan fingerprint density at radius 2 is 1.52 bits per heavy atom. The smallest absolute Gasteiger partial charge is 0.227 e. The van der Waals surface area contributed by atoms with Crippen molar-refractivity contribution in [3.8, 4) is 5.75 Å². The Kier molecular flexibility index (Phi) is 7.55. The molecule has 0 bridgehead atoms. The van der Waals surface area contributed by atoms with Gasteiger partial charge in [0, 0.05) is 24.1 Å². The molecule has 2 atom stereocenters. The van der Waals surface area contributed by atoms with Crippen LogP contribution in [0.1, 0.15) is 102 Å². The van der Waals surface area contributed by atoms with Crippen LogP contribution in [0.25, 0.3) is 0 Å². The molecule has 0 fully saturated rings. The highest BCUT2D eigenvalue weighted by Gasteiger charge is 2.42. The molecule has 1 aliphatic carbocycles. The summed E-state index contributed by atoms with van der Waals surface area (Å²) in [7, 11) is 0. The number of carbonyl (C=O) groups is 2. The highest BCUT2D eigenvalue weighted by molar-refractivity contribution is 6.06. The topological polar surface area (TPSA) is 69.6 Å². The van der Waals surface area contributed by atoms with Crippen LogP contribution in [0.4, 0.5) is 15.8 Å². The molecule has 1 amide bonds. The molecule has 5 nitrogen and oxygen atoms in total. The van der Waals surface area contributed by atoms with Crippen LogP contribution in [0.2, 0.25) is 0 Å². The average molecular weight is 569 g/mol. The summed E-state index contributed by atoms with van der Waals surface area (Å²) in [5, 5.41) is 15.0. The Labute approximate surface area is 248 Å². The van der Waals surface area contributed by atoms with Crippen LogP contribution in [-0.2, 0) is 20.4 Å². The molecule has 1 aliphatic heterocycles. The molecule has 0 saturated heterocycles. The number of phenolic OH excluding ortho intramolecular Hbond substituents is 1. The van der Waals surface area contributed by atoms with Crippen molar-refractivity contribution in [1.29, 1.82) is 0 Å². The summed E-state index contributed by atoms with van der Waals surface area (Å²) in [4.78, 5) is 29.9. The number of allylic oxidation sites excluding steroid dienone is 1. The Balaban J connectivity index is 1.81. The zero-order valence-electron chi connectivity index (χ0n) is 25.6. The van der Waals surface area contributed by atoms with Gasteiger partial charge in [0.25, 0.3) is 0 Å². The van der Waals surface area contributed by atoms with E-state index in [-0.39, 0.29) is 52.8 Å². The third kappa shape index (κ3) is 5.35. The van der Waals surface area contributed by atoms with Crippen LogP contribution in [0.3, 0.4) is 0 Å². The summed E-state index contributed by atoms with van der Waals surface area (Å²) < 4.78 is 13.7. The monoisotopic (exact) mass is 568 g/mol. The standard InChI is InChI=1S/C36H41FN2O3/c1-8-31(41)39-29-12-10-9-11-27(29)38-28-19-22(21-13-15-24(37)16-14-21)20-30(40)32(28)33(39)23-17-25(35(2,3)4)34(42)26(18-23)36(5,6)7/h9-18,22,33,38,42H,8,19-20H2,1-7H3/t22-,33-/m0/s1. The van der Waals surface area contributed by atoms with Gasteiger partial charge >= 0.3 is 0 Å². The number of nitrogens with one attached hydrogen (secondary N) is 1. The normalized spacial score (nSPS) is 19.1. The quantitative estimate of drug-likeness (QED) is 0.333. The van der Waals surface area contributed by atoms with Crippen LogP contribution in [0.5, 0.6) is 5.75 Å². The maximum Gasteiger partial charge on any atom is 0.227 e. The third-order valence-corrected chi connectivity index (χ3v) is 8.47. The number of para-hydroxylation sites is 2. The average Bonchev–Trinajstić information content (AvgIpc) is 3.06. The Bertz CT molecular complexity index is 1540. The summed E-state index contributed by atoms with van der Waals surface area (Å²) in [6.45, 7) is 14.2. The molecule has 3 aromatic rings. The number of anilines is 2. The lowest BCUT2D eigenvalue weighted by Crippen LogP contribution is -2.38. The van der Waals surface area contributed by atoms with Gasteiger partial charge in [0.1, 0.15) is 11.6 Å². The van der Waals surface area contributed by atoms with Crippen molar-refractivity contribution in [2.24, 2.45) is 0 Å². The minimum atomic E-state index is -0.687. The van der Waals surface area contributed by atoms with Crippen molar-refractivity contribution < 1.29 is 19.1 Å². The fraction of sp³-hybridized carbons (Fsp3) is 0.389. The lowest BCUT2D eigenvalue weighted by Gasteiger charge is -2.37. The maximum absolute atomic E-state index is 14.3. The van der Waals surface area contributed by atoms with Crippen LogP contribution in [-0.4, -0.2) is 16.8 Å². The zero-order valence-corrected chi connectivity index (χ0v) is 25.6. The number of aromatic hydroxyl groups is 1. The third-order valence-electron chi connectivity index (χ3n) is 8.47. The number of rotatable bonds is 3. The SMILES string of the molecule is CCC(=O)N1c2ccccc2NC2=C(C(=O)C[C@@H](c3ccc(F)cc3)C2)[C@@H]1c1cc(C(C)(C)C)c(O)c(C(C)(C)C)c1. The van der Waals surface area contributed by atoms with Gasteiger partial charge in [-0.05, 0) is 81.8 Å². The Morgan fingerprint density at radius 1 is 0.929 bits per heavy atom. The lowest BCUT2D eigenvalue weighted by molar-refractivity contribution is -0.119. The molecular formula is C36H41FN2O3. The largest absolute Gasteiger partial charge is 0.507 e. The molecule has 1 heterocycles. The van der Waals surface area contributed by atoms with Gasteiger partial charge < -0.3 is 10.4 Å². The first-order valence-electron chi connectivity index (χ1n) is 14.8. The molecule has 6 heteroatoms. The molecule has 5 rings (SSSR count). The number of carbonyl (C=O) groups excluding carboxylic acids is 2. The summed E-state index contributed by atoms with van der Waals surface area (Å²) in [5.74, 6) is -0.333. The van der Waals surface area contributed by atoms with Crippen molar-refractivity contribution in [2.45, 2.75) is 90.5 Å². The van der Waals surface area contributed by atoms with E-state index in [9.17, 15) is 19.1 Å². The molecule has 0 aromatic heterocycles. The van der Waals surface area contributed by atoms with Gasteiger partial charge in [-0.1, -0.05) is 72.7 Å². The Morgan fingerprint density at radius 3 is 2.10 bits per heavy atom. The number of hydrogen-bond acceptors (Lipinski definition) is 4. The van der Waals surface area contributed by atoms with Crippen molar-refractivity contribution in [3.05, 3.63) is 100 Å². The second-order valence-electron chi connectivity index (χ2n) is 13.6. The number of fused-ring (bicyclic) bond motifs is 1. The lowest BCUT2D eigenvalue weighted by atomic mass is 9.74. The van der Waals surface area contributed by atoms with E-state index in [2.05, 4.69) is 46.9 Å². The number of benzene rings is 3.